The first kappa shape index (κ1) is 18.8. The van der Waals surface area contributed by atoms with Gasteiger partial charge < -0.3 is 15.0 Å². The van der Waals surface area contributed by atoms with Gasteiger partial charge in [0.25, 0.3) is 5.69 Å². The van der Waals surface area contributed by atoms with Crippen molar-refractivity contribution in [3.63, 3.8) is 0 Å². The zero-order chi connectivity index (χ0) is 18.8. The van der Waals surface area contributed by atoms with Gasteiger partial charge in [-0.15, -0.1) is 0 Å². The number of nitrogens with one attached hydrogen (secondary N) is 1. The smallest absolute Gasteiger partial charge is 0.391 e. The highest BCUT2D eigenvalue weighted by Crippen LogP contribution is 2.38. The van der Waals surface area contributed by atoms with Crippen molar-refractivity contribution < 1.29 is 27.6 Å². The Labute approximate surface area is 141 Å². The first-order valence-electron chi connectivity index (χ1n) is 7.59. The molecular formula is C15H18F3N3O4. The second-order valence-electron chi connectivity index (χ2n) is 5.69. The van der Waals surface area contributed by atoms with Crippen molar-refractivity contribution in [1.82, 2.24) is 0 Å². The van der Waals surface area contributed by atoms with Gasteiger partial charge in [-0.05, 0) is 18.9 Å². The lowest BCUT2D eigenvalue weighted by atomic mass is 9.95. The van der Waals surface area contributed by atoms with Crippen LogP contribution in [0, 0.1) is 16.0 Å². The van der Waals surface area contributed by atoms with E-state index in [4.69, 9.17) is 0 Å². The predicted octanol–water partition coefficient (Wildman–Crippen LogP) is 3.20. The van der Waals surface area contributed by atoms with Gasteiger partial charge in [-0.3, -0.25) is 10.1 Å². The Morgan fingerprint density at radius 1 is 1.36 bits per heavy atom. The number of ether oxygens (including phenoxy) is 1. The molecule has 7 nitrogen and oxygen atoms in total. The lowest BCUT2D eigenvalue weighted by Crippen LogP contribution is -2.39. The third-order valence-corrected chi connectivity index (χ3v) is 4.28. The van der Waals surface area contributed by atoms with Crippen LogP contribution in [0.2, 0.25) is 0 Å². The Balaban J connectivity index is 2.39. The van der Waals surface area contributed by atoms with E-state index in [0.29, 0.717) is 5.69 Å². The van der Waals surface area contributed by atoms with Gasteiger partial charge in [0.2, 0.25) is 0 Å². The molecule has 0 amide bonds. The largest absolute Gasteiger partial charge is 0.465 e. The Morgan fingerprint density at radius 3 is 2.40 bits per heavy atom. The van der Waals surface area contributed by atoms with E-state index in [1.54, 1.807) is 4.90 Å². The monoisotopic (exact) mass is 361 g/mol. The van der Waals surface area contributed by atoms with Crippen LogP contribution in [-0.4, -0.2) is 44.3 Å². The molecule has 0 saturated carbocycles. The minimum absolute atomic E-state index is 0.0429. The van der Waals surface area contributed by atoms with Crippen LogP contribution in [-0.2, 0) is 4.74 Å². The molecule has 0 unspecified atom stereocenters. The maximum atomic E-state index is 12.8. The highest BCUT2D eigenvalue weighted by molar-refractivity contribution is 5.98. The van der Waals surface area contributed by atoms with E-state index in [1.807, 2.05) is 0 Å². The molecule has 0 bridgehead atoms. The molecule has 25 heavy (non-hydrogen) atoms. The first-order valence-corrected chi connectivity index (χ1v) is 7.59. The quantitative estimate of drug-likeness (QED) is 0.504. The molecule has 0 atom stereocenters. The van der Waals surface area contributed by atoms with Crippen LogP contribution >= 0.6 is 0 Å². The second kappa shape index (κ2) is 7.16. The molecule has 138 valence electrons. The number of esters is 1. The van der Waals surface area contributed by atoms with Crippen molar-refractivity contribution in [3.05, 3.63) is 27.8 Å². The van der Waals surface area contributed by atoms with Gasteiger partial charge in [0.05, 0.1) is 29.2 Å². The Hall–Kier alpha value is -2.52. The van der Waals surface area contributed by atoms with Crippen molar-refractivity contribution >= 4 is 23.0 Å². The zero-order valence-electron chi connectivity index (χ0n) is 13.7. The molecule has 1 N–H and O–H groups in total. The number of piperidine rings is 1. The van der Waals surface area contributed by atoms with Crippen molar-refractivity contribution in [3.8, 4) is 0 Å². The Bertz CT molecular complexity index is 671. The predicted molar refractivity (Wildman–Crippen MR) is 85.0 cm³/mol. The van der Waals surface area contributed by atoms with Crippen LogP contribution in [0.25, 0.3) is 0 Å². The highest BCUT2D eigenvalue weighted by Gasteiger charge is 2.41. The van der Waals surface area contributed by atoms with E-state index < -0.39 is 23.0 Å². The van der Waals surface area contributed by atoms with E-state index in [1.165, 1.54) is 13.1 Å². The summed E-state index contributed by atoms with van der Waals surface area (Å²) < 4.78 is 43.1. The molecule has 1 saturated heterocycles. The van der Waals surface area contributed by atoms with E-state index in [-0.39, 0.29) is 42.9 Å². The summed E-state index contributed by atoms with van der Waals surface area (Å²) in [4.78, 5) is 24.1. The molecule has 1 aliphatic rings. The van der Waals surface area contributed by atoms with Crippen molar-refractivity contribution in [2.24, 2.45) is 5.92 Å². The summed E-state index contributed by atoms with van der Waals surface area (Å²) in [7, 11) is 2.62. The Morgan fingerprint density at radius 2 is 1.96 bits per heavy atom. The zero-order valence-corrected chi connectivity index (χ0v) is 13.7. The molecule has 10 heteroatoms. The molecule has 1 aliphatic heterocycles. The molecular weight excluding hydrogens is 343 g/mol. The summed E-state index contributed by atoms with van der Waals surface area (Å²) in [5.74, 6) is -2.16. The normalized spacial score (nSPS) is 15.8. The number of hydrogen-bond donors (Lipinski definition) is 1. The number of methoxy groups -OCH3 is 1. The number of nitro groups is 1. The maximum absolute atomic E-state index is 12.8. The number of benzene rings is 1. The summed E-state index contributed by atoms with van der Waals surface area (Å²) >= 11 is 0. The standard InChI is InChI=1S/C15H18F3N3O4/c1-19-11-8-12(10(14(22)25-2)7-13(11)21(23)24)20-5-3-9(4-6-20)15(16,17)18/h7-9,19H,3-6H2,1-2H3. The van der Waals surface area contributed by atoms with Crippen LogP contribution in [0.4, 0.5) is 30.2 Å². The summed E-state index contributed by atoms with van der Waals surface area (Å²) in [6, 6.07) is 2.49. The van der Waals surface area contributed by atoms with Crippen LogP contribution < -0.4 is 10.2 Å². The summed E-state index contributed by atoms with van der Waals surface area (Å²) in [6.45, 7) is 0.185. The van der Waals surface area contributed by atoms with E-state index in [2.05, 4.69) is 10.1 Å². The summed E-state index contributed by atoms with van der Waals surface area (Å²) in [5.41, 5.74) is 0.142. The number of carbonyl (C=O) groups excluding carboxylic acids is 1. The number of hydrogen-bond acceptors (Lipinski definition) is 6. The fraction of sp³-hybridized carbons (Fsp3) is 0.533. The van der Waals surface area contributed by atoms with Gasteiger partial charge in [-0.1, -0.05) is 0 Å². The van der Waals surface area contributed by atoms with Crippen LogP contribution in [0.15, 0.2) is 12.1 Å². The lowest BCUT2D eigenvalue weighted by molar-refractivity contribution is -0.384. The molecule has 1 aromatic carbocycles. The molecule has 2 rings (SSSR count). The minimum atomic E-state index is -4.25. The van der Waals surface area contributed by atoms with Gasteiger partial charge in [-0.25, -0.2) is 4.79 Å². The molecule has 1 heterocycles. The van der Waals surface area contributed by atoms with Gasteiger partial charge in [0.15, 0.2) is 0 Å². The van der Waals surface area contributed by atoms with Gasteiger partial charge in [0.1, 0.15) is 5.69 Å². The second-order valence-corrected chi connectivity index (χ2v) is 5.69. The highest BCUT2D eigenvalue weighted by atomic mass is 19.4. The first-order chi connectivity index (χ1) is 11.7. The average molecular weight is 361 g/mol. The molecule has 0 radical (unpaired) electrons. The Kier molecular flexibility index (Phi) is 5.39. The summed E-state index contributed by atoms with van der Waals surface area (Å²) in [6.07, 6.45) is -4.45. The van der Waals surface area contributed by atoms with Crippen molar-refractivity contribution in [2.75, 3.05) is 37.5 Å². The number of rotatable bonds is 4. The topological polar surface area (TPSA) is 84.7 Å². The fourth-order valence-corrected chi connectivity index (χ4v) is 2.91. The van der Waals surface area contributed by atoms with E-state index in [0.717, 1.165) is 13.2 Å². The molecule has 0 spiro atoms. The average Bonchev–Trinajstić information content (AvgIpc) is 2.59. The van der Waals surface area contributed by atoms with Gasteiger partial charge in [0, 0.05) is 26.2 Å². The van der Waals surface area contributed by atoms with Crippen molar-refractivity contribution in [1.29, 1.82) is 0 Å². The minimum Gasteiger partial charge on any atom is -0.465 e. The SMILES string of the molecule is CNc1cc(N2CCC(C(F)(F)F)CC2)c(C(=O)OC)cc1[N+](=O)[O-]. The van der Waals surface area contributed by atoms with Crippen LogP contribution in [0.1, 0.15) is 23.2 Å². The number of halogens is 3. The number of anilines is 2. The molecule has 0 aliphatic carbocycles. The molecule has 1 aromatic rings. The molecule has 1 fully saturated rings. The van der Waals surface area contributed by atoms with Crippen LogP contribution in [0.3, 0.4) is 0 Å². The number of carbonyl (C=O) groups is 1. The fourth-order valence-electron chi connectivity index (χ4n) is 2.91. The van der Waals surface area contributed by atoms with E-state index >= 15 is 0 Å². The van der Waals surface area contributed by atoms with E-state index in [9.17, 15) is 28.1 Å². The number of nitro benzene ring substituents is 1. The lowest BCUT2D eigenvalue weighted by Gasteiger charge is -2.35. The third kappa shape index (κ3) is 3.94. The third-order valence-electron chi connectivity index (χ3n) is 4.28. The van der Waals surface area contributed by atoms with Gasteiger partial charge >= 0.3 is 12.1 Å². The number of alkyl halides is 3. The maximum Gasteiger partial charge on any atom is 0.391 e. The summed E-state index contributed by atoms with van der Waals surface area (Å²) in [5, 5.41) is 13.8. The molecule has 0 aromatic heterocycles. The number of nitrogens with zero attached hydrogens (tertiary/aromatic N) is 2. The van der Waals surface area contributed by atoms with Crippen molar-refractivity contribution in [2.45, 2.75) is 19.0 Å². The van der Waals surface area contributed by atoms with Crippen LogP contribution in [0.5, 0.6) is 0 Å². The van der Waals surface area contributed by atoms with Gasteiger partial charge in [-0.2, -0.15) is 13.2 Å².